The highest BCUT2D eigenvalue weighted by molar-refractivity contribution is 7.95. The molecule has 0 aromatic heterocycles. The van der Waals surface area contributed by atoms with Crippen molar-refractivity contribution in [1.29, 1.82) is 0 Å². The van der Waals surface area contributed by atoms with Gasteiger partial charge in [-0.3, -0.25) is 0 Å². The molecule has 1 aromatic rings. The molecule has 0 radical (unpaired) electrons. The van der Waals surface area contributed by atoms with Crippen LogP contribution in [0.3, 0.4) is 0 Å². The fourth-order valence-corrected chi connectivity index (χ4v) is 1.22. The van der Waals surface area contributed by atoms with Crippen LogP contribution in [0.5, 0.6) is 5.75 Å². The van der Waals surface area contributed by atoms with E-state index >= 15 is 0 Å². The molecule has 0 spiro atoms. The number of ether oxygens (including phenoxy) is 1. The van der Waals surface area contributed by atoms with Crippen molar-refractivity contribution in [2.75, 3.05) is 13.4 Å². The molecule has 1 rings (SSSR count). The Balaban J connectivity index is 3.23. The van der Waals surface area contributed by atoms with Crippen LogP contribution in [0.15, 0.2) is 18.2 Å². The van der Waals surface area contributed by atoms with Gasteiger partial charge in [-0.05, 0) is 24.1 Å². The average Bonchev–Trinajstić information content (AvgIpc) is 2.14. The molecule has 0 fully saturated rings. The van der Waals surface area contributed by atoms with Crippen molar-refractivity contribution in [3.63, 3.8) is 0 Å². The Labute approximate surface area is 87.8 Å². The molecule has 15 heavy (non-hydrogen) atoms. The Kier molecular flexibility index (Phi) is 3.32. The Morgan fingerprint density at radius 2 is 2.07 bits per heavy atom. The minimum atomic E-state index is -3.40. The average molecular weight is 228 g/mol. The lowest BCUT2D eigenvalue weighted by molar-refractivity contribution is 0.412. The van der Waals surface area contributed by atoms with Crippen LogP contribution in [0, 0.1) is 17.0 Å². The third-order valence-electron chi connectivity index (χ3n) is 1.53. The summed E-state index contributed by atoms with van der Waals surface area (Å²) >= 11 is 0. The third kappa shape index (κ3) is 3.60. The normalized spacial score (nSPS) is 10.3. The summed E-state index contributed by atoms with van der Waals surface area (Å²) in [5, 5.41) is 2.02. The molecule has 0 saturated carbocycles. The summed E-state index contributed by atoms with van der Waals surface area (Å²) < 4.78 is 39.3. The van der Waals surface area contributed by atoms with Crippen molar-refractivity contribution < 1.29 is 17.5 Å². The lowest BCUT2D eigenvalue weighted by Crippen LogP contribution is -1.92. The molecule has 80 valence electrons. The Morgan fingerprint density at radius 3 is 2.60 bits per heavy atom. The Bertz CT molecular complexity index is 523. The van der Waals surface area contributed by atoms with E-state index in [0.717, 1.165) is 12.3 Å². The van der Waals surface area contributed by atoms with Gasteiger partial charge in [0.1, 0.15) is 11.6 Å². The molecule has 1 aromatic carbocycles. The predicted octanol–water partition coefficient (Wildman–Crippen LogP) is 1.19. The third-order valence-corrected chi connectivity index (χ3v) is 2.01. The van der Waals surface area contributed by atoms with Crippen LogP contribution in [0.25, 0.3) is 0 Å². The summed E-state index contributed by atoms with van der Waals surface area (Å²) in [6.07, 6.45) is 0.978. The Hall–Kier alpha value is -1.54. The van der Waals surface area contributed by atoms with Crippen LogP contribution in [-0.4, -0.2) is 21.8 Å². The maximum absolute atomic E-state index is 12.8. The van der Waals surface area contributed by atoms with Crippen molar-refractivity contribution >= 4 is 9.84 Å². The summed E-state index contributed by atoms with van der Waals surface area (Å²) in [7, 11) is -2.00. The van der Waals surface area contributed by atoms with Gasteiger partial charge in [0, 0.05) is 5.25 Å². The molecule has 0 aliphatic heterocycles. The van der Waals surface area contributed by atoms with Crippen LogP contribution < -0.4 is 4.74 Å². The van der Waals surface area contributed by atoms with Gasteiger partial charge in [0.2, 0.25) is 9.84 Å². The predicted molar refractivity (Wildman–Crippen MR) is 54.7 cm³/mol. The number of rotatable bonds is 1. The molecule has 0 bridgehead atoms. The summed E-state index contributed by atoms with van der Waals surface area (Å²) in [6, 6.07) is 3.73. The van der Waals surface area contributed by atoms with E-state index in [1.807, 2.05) is 5.25 Å². The topological polar surface area (TPSA) is 43.4 Å². The fraction of sp³-hybridized carbons (Fsp3) is 0.200. The van der Waals surface area contributed by atoms with Gasteiger partial charge in [-0.15, -0.1) is 0 Å². The molecule has 5 heteroatoms. The molecule has 3 nitrogen and oxygen atoms in total. The van der Waals surface area contributed by atoms with Gasteiger partial charge < -0.3 is 4.74 Å². The van der Waals surface area contributed by atoms with Crippen molar-refractivity contribution in [3.05, 3.63) is 29.6 Å². The highest BCUT2D eigenvalue weighted by Crippen LogP contribution is 2.17. The zero-order valence-electron chi connectivity index (χ0n) is 8.24. The quantitative estimate of drug-likeness (QED) is 0.678. The van der Waals surface area contributed by atoms with Crippen LogP contribution in [0.2, 0.25) is 0 Å². The van der Waals surface area contributed by atoms with E-state index in [4.69, 9.17) is 4.74 Å². The monoisotopic (exact) mass is 228 g/mol. The summed E-state index contributed by atoms with van der Waals surface area (Å²) in [5.74, 6) is 2.19. The summed E-state index contributed by atoms with van der Waals surface area (Å²) in [6.45, 7) is 0. The second kappa shape index (κ2) is 4.32. The molecule has 0 heterocycles. The van der Waals surface area contributed by atoms with E-state index in [9.17, 15) is 12.8 Å². The van der Waals surface area contributed by atoms with E-state index in [1.165, 1.54) is 19.2 Å². The smallest absolute Gasteiger partial charge is 0.214 e. The second-order valence-electron chi connectivity index (χ2n) is 2.84. The summed E-state index contributed by atoms with van der Waals surface area (Å²) in [5.41, 5.74) is 0.211. The largest absolute Gasteiger partial charge is 0.495 e. The van der Waals surface area contributed by atoms with Crippen LogP contribution in [0.4, 0.5) is 4.39 Å². The van der Waals surface area contributed by atoms with Crippen molar-refractivity contribution in [2.24, 2.45) is 0 Å². The standard InChI is InChI=1S/C10H9FO3S/c1-14-10-4-3-9(11)7-8(10)5-6-15(2,12)13/h3-4,7H,1-2H3. The van der Waals surface area contributed by atoms with Gasteiger partial charge in [0.05, 0.1) is 18.9 Å². The van der Waals surface area contributed by atoms with Gasteiger partial charge in [0.15, 0.2) is 0 Å². The van der Waals surface area contributed by atoms with E-state index in [-0.39, 0.29) is 5.56 Å². The fourth-order valence-electron chi connectivity index (χ4n) is 0.926. The highest BCUT2D eigenvalue weighted by Gasteiger charge is 2.02. The minimum Gasteiger partial charge on any atom is -0.495 e. The lowest BCUT2D eigenvalue weighted by Gasteiger charge is -2.01. The first kappa shape index (κ1) is 11.5. The van der Waals surface area contributed by atoms with Gasteiger partial charge in [-0.2, -0.15) is 0 Å². The first-order valence-corrected chi connectivity index (χ1v) is 5.88. The molecule has 0 saturated heterocycles. The van der Waals surface area contributed by atoms with Gasteiger partial charge in [-0.25, -0.2) is 12.8 Å². The molecular formula is C10H9FO3S. The molecule has 0 aliphatic carbocycles. The van der Waals surface area contributed by atoms with Gasteiger partial charge in [0.25, 0.3) is 0 Å². The number of benzene rings is 1. The van der Waals surface area contributed by atoms with Crippen molar-refractivity contribution in [2.45, 2.75) is 0 Å². The van der Waals surface area contributed by atoms with Crippen LogP contribution in [0.1, 0.15) is 5.56 Å². The van der Waals surface area contributed by atoms with Crippen LogP contribution in [-0.2, 0) is 9.84 Å². The number of hydrogen-bond acceptors (Lipinski definition) is 3. The highest BCUT2D eigenvalue weighted by atomic mass is 32.2. The SMILES string of the molecule is COc1ccc(F)cc1C#CS(C)(=O)=O. The number of halogens is 1. The molecule has 0 unspecified atom stereocenters. The molecule has 0 atom stereocenters. The van der Waals surface area contributed by atoms with Crippen LogP contribution >= 0.6 is 0 Å². The lowest BCUT2D eigenvalue weighted by atomic mass is 10.2. The number of methoxy groups -OCH3 is 1. The minimum absolute atomic E-state index is 0.211. The van der Waals surface area contributed by atoms with E-state index in [0.29, 0.717) is 5.75 Å². The van der Waals surface area contributed by atoms with E-state index < -0.39 is 15.7 Å². The van der Waals surface area contributed by atoms with Crippen molar-refractivity contribution in [3.8, 4) is 16.9 Å². The second-order valence-corrected chi connectivity index (χ2v) is 4.59. The first-order valence-electron chi connectivity index (χ1n) is 3.99. The molecule has 0 aliphatic rings. The number of hydrogen-bond donors (Lipinski definition) is 0. The van der Waals surface area contributed by atoms with Gasteiger partial charge >= 0.3 is 0 Å². The molecular weight excluding hydrogens is 219 g/mol. The first-order chi connectivity index (χ1) is 6.92. The van der Waals surface area contributed by atoms with Gasteiger partial charge in [-0.1, -0.05) is 0 Å². The zero-order valence-corrected chi connectivity index (χ0v) is 9.06. The van der Waals surface area contributed by atoms with E-state index in [2.05, 4.69) is 5.92 Å². The van der Waals surface area contributed by atoms with Crippen molar-refractivity contribution in [1.82, 2.24) is 0 Å². The maximum Gasteiger partial charge on any atom is 0.214 e. The molecule has 0 amide bonds. The summed E-state index contributed by atoms with van der Waals surface area (Å²) in [4.78, 5) is 0. The Morgan fingerprint density at radius 1 is 1.40 bits per heavy atom. The zero-order chi connectivity index (χ0) is 11.5. The molecule has 0 N–H and O–H groups in total. The van der Waals surface area contributed by atoms with E-state index in [1.54, 1.807) is 0 Å². The maximum atomic E-state index is 12.8. The number of sulfone groups is 1.